The zero-order chi connectivity index (χ0) is 41.4. The second kappa shape index (κ2) is 38.5. The van der Waals surface area contributed by atoms with E-state index in [1.165, 1.54) is 96.3 Å². The molecule has 0 aromatic rings. The van der Waals surface area contributed by atoms with Gasteiger partial charge in [-0.2, -0.15) is 0 Å². The third-order valence-corrected chi connectivity index (χ3v) is 10.3. The van der Waals surface area contributed by atoms with Gasteiger partial charge in [-0.1, -0.05) is 152 Å². The SMILES string of the molecule is CCCC/C=C/CCCCCCCCCCCC(=O)O[C@H](COC(=O)CCC/C=C/C/C=C/C/C=C/CCCCCCCC)COP(=O)(O)OCC[N+](C)(C)C. The van der Waals surface area contributed by atoms with E-state index in [0.717, 1.165) is 44.9 Å². The van der Waals surface area contributed by atoms with Crippen LogP contribution in [0.3, 0.4) is 0 Å². The summed E-state index contributed by atoms with van der Waals surface area (Å²) < 4.78 is 34.2. The molecular weight excluding hydrogens is 725 g/mol. The number of nitrogens with zero attached hydrogens (tertiary/aromatic N) is 1. The number of hydrogen-bond acceptors (Lipinski definition) is 7. The summed E-state index contributed by atoms with van der Waals surface area (Å²) in [5.41, 5.74) is 0. The Kier molecular flexibility index (Phi) is 37.1. The molecule has 10 heteroatoms. The summed E-state index contributed by atoms with van der Waals surface area (Å²) in [5, 5.41) is 0. The number of hydrogen-bond donors (Lipinski definition) is 1. The maximum Gasteiger partial charge on any atom is 0.472 e. The molecule has 0 heterocycles. The van der Waals surface area contributed by atoms with Crippen molar-refractivity contribution in [2.45, 2.75) is 187 Å². The first-order chi connectivity index (χ1) is 27.0. The minimum Gasteiger partial charge on any atom is -0.462 e. The molecule has 0 saturated heterocycles. The van der Waals surface area contributed by atoms with Crippen LogP contribution in [0.25, 0.3) is 0 Å². The number of unbranched alkanes of at least 4 members (excludes halogenated alkanes) is 18. The number of allylic oxidation sites excluding steroid dienone is 8. The van der Waals surface area contributed by atoms with Crippen LogP contribution in [0.4, 0.5) is 0 Å². The Balaban J connectivity index is 4.43. The van der Waals surface area contributed by atoms with E-state index in [-0.39, 0.29) is 26.1 Å². The number of quaternary nitrogens is 1. The Morgan fingerprint density at radius 1 is 0.554 bits per heavy atom. The Labute approximate surface area is 343 Å². The summed E-state index contributed by atoms with van der Waals surface area (Å²) in [6.07, 6.45) is 44.5. The molecule has 1 unspecified atom stereocenters. The highest BCUT2D eigenvalue weighted by Gasteiger charge is 2.27. The molecule has 2 atom stereocenters. The van der Waals surface area contributed by atoms with Crippen LogP contribution < -0.4 is 0 Å². The van der Waals surface area contributed by atoms with Crippen molar-refractivity contribution in [2.75, 3.05) is 47.5 Å². The van der Waals surface area contributed by atoms with Crippen molar-refractivity contribution in [1.29, 1.82) is 0 Å². The number of phosphoric ester groups is 1. The van der Waals surface area contributed by atoms with Crippen molar-refractivity contribution in [2.24, 2.45) is 0 Å². The molecular formula is C46H85NO8P+. The van der Waals surface area contributed by atoms with Gasteiger partial charge in [0.15, 0.2) is 6.10 Å². The summed E-state index contributed by atoms with van der Waals surface area (Å²) >= 11 is 0. The van der Waals surface area contributed by atoms with Gasteiger partial charge >= 0.3 is 19.8 Å². The number of phosphoric acid groups is 1. The lowest BCUT2D eigenvalue weighted by Gasteiger charge is -2.24. The van der Waals surface area contributed by atoms with Crippen LogP contribution in [0.15, 0.2) is 48.6 Å². The molecule has 326 valence electrons. The van der Waals surface area contributed by atoms with Crippen LogP contribution in [-0.4, -0.2) is 74.9 Å². The molecule has 1 N–H and O–H groups in total. The fourth-order valence-electron chi connectivity index (χ4n) is 5.77. The van der Waals surface area contributed by atoms with Crippen molar-refractivity contribution < 1.29 is 42.1 Å². The number of ether oxygens (including phenoxy) is 2. The average molecular weight is 811 g/mol. The van der Waals surface area contributed by atoms with Gasteiger partial charge in [0.1, 0.15) is 19.8 Å². The van der Waals surface area contributed by atoms with Gasteiger partial charge in [-0.15, -0.1) is 0 Å². The second-order valence-corrected chi connectivity index (χ2v) is 17.5. The van der Waals surface area contributed by atoms with Crippen molar-refractivity contribution in [3.05, 3.63) is 48.6 Å². The highest BCUT2D eigenvalue weighted by atomic mass is 31.2. The maximum absolute atomic E-state index is 12.7. The number of rotatable bonds is 40. The van der Waals surface area contributed by atoms with E-state index in [4.69, 9.17) is 18.5 Å². The number of carbonyl (C=O) groups is 2. The Bertz CT molecular complexity index is 1100. The maximum atomic E-state index is 12.7. The predicted octanol–water partition coefficient (Wildman–Crippen LogP) is 12.7. The van der Waals surface area contributed by atoms with Crippen LogP contribution in [-0.2, 0) is 32.7 Å². The zero-order valence-corrected chi connectivity index (χ0v) is 37.5. The minimum atomic E-state index is -4.39. The summed E-state index contributed by atoms with van der Waals surface area (Å²) in [4.78, 5) is 35.3. The van der Waals surface area contributed by atoms with Gasteiger partial charge in [0.05, 0.1) is 27.7 Å². The molecule has 56 heavy (non-hydrogen) atoms. The molecule has 0 aliphatic heterocycles. The number of likely N-dealkylation sites (N-methyl/N-ethyl adjacent to an activating group) is 1. The highest BCUT2D eigenvalue weighted by Crippen LogP contribution is 2.43. The summed E-state index contributed by atoms with van der Waals surface area (Å²) in [5.74, 6) is -0.863. The van der Waals surface area contributed by atoms with Crippen LogP contribution >= 0.6 is 7.82 Å². The van der Waals surface area contributed by atoms with Gasteiger partial charge in [-0.3, -0.25) is 18.6 Å². The van der Waals surface area contributed by atoms with Gasteiger partial charge in [-0.05, 0) is 64.2 Å². The quantitative estimate of drug-likeness (QED) is 0.0214. The first-order valence-electron chi connectivity index (χ1n) is 22.4. The zero-order valence-electron chi connectivity index (χ0n) is 36.6. The lowest BCUT2D eigenvalue weighted by Crippen LogP contribution is -2.37. The smallest absolute Gasteiger partial charge is 0.462 e. The molecule has 0 aromatic heterocycles. The average Bonchev–Trinajstić information content (AvgIpc) is 3.15. The number of esters is 2. The van der Waals surface area contributed by atoms with Crippen LogP contribution in [0.2, 0.25) is 0 Å². The van der Waals surface area contributed by atoms with E-state index in [1.54, 1.807) is 0 Å². The van der Waals surface area contributed by atoms with Gasteiger partial charge in [-0.25, -0.2) is 4.57 Å². The topological polar surface area (TPSA) is 108 Å². The van der Waals surface area contributed by atoms with E-state index < -0.39 is 32.5 Å². The summed E-state index contributed by atoms with van der Waals surface area (Å²) in [6, 6.07) is 0. The molecule has 0 rings (SSSR count). The predicted molar refractivity (Wildman–Crippen MR) is 233 cm³/mol. The van der Waals surface area contributed by atoms with Crippen molar-refractivity contribution in [3.63, 3.8) is 0 Å². The molecule has 0 amide bonds. The van der Waals surface area contributed by atoms with Crippen molar-refractivity contribution in [1.82, 2.24) is 0 Å². The Morgan fingerprint density at radius 2 is 1.00 bits per heavy atom. The van der Waals surface area contributed by atoms with Gasteiger partial charge < -0.3 is 18.9 Å². The number of carbonyl (C=O) groups excluding carboxylic acids is 2. The van der Waals surface area contributed by atoms with E-state index >= 15 is 0 Å². The first kappa shape index (κ1) is 54.0. The third kappa shape index (κ3) is 41.6. The van der Waals surface area contributed by atoms with Crippen molar-refractivity contribution in [3.8, 4) is 0 Å². The highest BCUT2D eigenvalue weighted by molar-refractivity contribution is 7.47. The minimum absolute atomic E-state index is 0.0228. The molecule has 0 bridgehead atoms. The monoisotopic (exact) mass is 811 g/mol. The molecule has 0 aliphatic rings. The lowest BCUT2D eigenvalue weighted by molar-refractivity contribution is -0.870. The van der Waals surface area contributed by atoms with Gasteiger partial charge in [0.25, 0.3) is 0 Å². The first-order valence-corrected chi connectivity index (χ1v) is 23.9. The molecule has 0 radical (unpaired) electrons. The molecule has 0 saturated carbocycles. The Hall–Kier alpha value is -2.03. The molecule has 0 aliphatic carbocycles. The van der Waals surface area contributed by atoms with Gasteiger partial charge in [0, 0.05) is 12.8 Å². The fourth-order valence-corrected chi connectivity index (χ4v) is 6.52. The van der Waals surface area contributed by atoms with E-state index in [2.05, 4.69) is 62.5 Å². The molecule has 0 aromatic carbocycles. The largest absolute Gasteiger partial charge is 0.472 e. The van der Waals surface area contributed by atoms with Crippen molar-refractivity contribution >= 4 is 19.8 Å². The standard InChI is InChI=1S/C46H84NO8P/c1-6-8-10-12-14-16-18-20-22-23-25-26-28-30-32-34-36-38-45(48)52-42-44(43-54-56(50,51)53-41-40-47(3,4)5)55-46(49)39-37-35-33-31-29-27-24-21-19-17-15-13-11-9-7-2/h13,15,20,22,25-26,30,32,44H,6-12,14,16-19,21,23-24,27-29,31,33-43H2,1-5H3/p+1/b15-13+,22-20+,26-25+,32-30+/t44-/m1/s1. The third-order valence-electron chi connectivity index (χ3n) is 9.33. The van der Waals surface area contributed by atoms with E-state index in [9.17, 15) is 19.0 Å². The van der Waals surface area contributed by atoms with E-state index in [0.29, 0.717) is 23.9 Å². The van der Waals surface area contributed by atoms with Crippen LogP contribution in [0.5, 0.6) is 0 Å². The van der Waals surface area contributed by atoms with Gasteiger partial charge in [0.2, 0.25) is 0 Å². The molecule has 0 spiro atoms. The fraction of sp³-hybridized carbons (Fsp3) is 0.783. The summed E-state index contributed by atoms with van der Waals surface area (Å²) in [7, 11) is 1.45. The normalized spacial score (nSPS) is 14.0. The lowest BCUT2D eigenvalue weighted by atomic mass is 10.1. The van der Waals surface area contributed by atoms with Crippen LogP contribution in [0, 0.1) is 0 Å². The Morgan fingerprint density at radius 3 is 1.55 bits per heavy atom. The molecule has 9 nitrogen and oxygen atoms in total. The molecule has 0 fully saturated rings. The second-order valence-electron chi connectivity index (χ2n) is 16.1. The van der Waals surface area contributed by atoms with Crippen LogP contribution in [0.1, 0.15) is 181 Å². The van der Waals surface area contributed by atoms with E-state index in [1.807, 2.05) is 21.1 Å². The summed E-state index contributed by atoms with van der Waals surface area (Å²) in [6.45, 7) is 4.32.